The number of benzene rings is 2. The highest BCUT2D eigenvalue weighted by molar-refractivity contribution is 5.86. The Balaban J connectivity index is 2.17. The second kappa shape index (κ2) is 6.27. The number of halogens is 3. The number of alkyl halides is 3. The number of hydrogen-bond acceptors (Lipinski definition) is 1. The van der Waals surface area contributed by atoms with E-state index in [2.05, 4.69) is 5.32 Å². The molecule has 2 aromatic rings. The van der Waals surface area contributed by atoms with E-state index < -0.39 is 12.6 Å². The standard InChI is InChI=1S/C16H18F3N/c1-20-15(10-5-11-16(17,18)19)14-9-4-7-12-6-2-3-8-13(12)14/h2-4,6-9,15,20H,5,10-11H2,1H3. The van der Waals surface area contributed by atoms with Gasteiger partial charge in [-0.25, -0.2) is 0 Å². The first-order chi connectivity index (χ1) is 9.51. The van der Waals surface area contributed by atoms with Gasteiger partial charge in [0.2, 0.25) is 0 Å². The van der Waals surface area contributed by atoms with E-state index in [1.165, 1.54) is 0 Å². The van der Waals surface area contributed by atoms with Crippen LogP contribution in [-0.4, -0.2) is 13.2 Å². The summed E-state index contributed by atoms with van der Waals surface area (Å²) < 4.78 is 36.7. The lowest BCUT2D eigenvalue weighted by atomic mass is 9.95. The van der Waals surface area contributed by atoms with Gasteiger partial charge in [0.15, 0.2) is 0 Å². The van der Waals surface area contributed by atoms with Crippen molar-refractivity contribution >= 4 is 10.8 Å². The van der Waals surface area contributed by atoms with Crippen molar-refractivity contribution in [2.75, 3.05) is 7.05 Å². The smallest absolute Gasteiger partial charge is 0.313 e. The summed E-state index contributed by atoms with van der Waals surface area (Å²) in [7, 11) is 1.79. The van der Waals surface area contributed by atoms with E-state index in [9.17, 15) is 13.2 Å². The minimum Gasteiger partial charge on any atom is -0.313 e. The van der Waals surface area contributed by atoms with Gasteiger partial charge < -0.3 is 5.32 Å². The Bertz CT molecular complexity index is 558. The van der Waals surface area contributed by atoms with Crippen LogP contribution in [-0.2, 0) is 0 Å². The Kier molecular flexibility index (Phi) is 4.65. The molecule has 0 aromatic heterocycles. The van der Waals surface area contributed by atoms with Crippen molar-refractivity contribution in [2.45, 2.75) is 31.5 Å². The third-order valence-electron chi connectivity index (χ3n) is 3.50. The molecule has 0 fully saturated rings. The first kappa shape index (κ1) is 14.9. The van der Waals surface area contributed by atoms with E-state index in [0.29, 0.717) is 6.42 Å². The van der Waals surface area contributed by atoms with Crippen LogP contribution in [0.5, 0.6) is 0 Å². The second-order valence-corrected chi connectivity index (χ2v) is 4.92. The van der Waals surface area contributed by atoms with Crippen LogP contribution in [0.1, 0.15) is 30.9 Å². The van der Waals surface area contributed by atoms with Gasteiger partial charge >= 0.3 is 6.18 Å². The number of rotatable bonds is 5. The lowest BCUT2D eigenvalue weighted by Crippen LogP contribution is -2.18. The van der Waals surface area contributed by atoms with Gasteiger partial charge in [0.1, 0.15) is 0 Å². The molecule has 0 heterocycles. The van der Waals surface area contributed by atoms with Crippen LogP contribution in [0.2, 0.25) is 0 Å². The Morgan fingerprint density at radius 3 is 2.45 bits per heavy atom. The van der Waals surface area contributed by atoms with Gasteiger partial charge in [0.05, 0.1) is 0 Å². The van der Waals surface area contributed by atoms with Gasteiger partial charge in [-0.15, -0.1) is 0 Å². The van der Waals surface area contributed by atoms with Gasteiger partial charge in [-0.1, -0.05) is 42.5 Å². The molecule has 1 N–H and O–H groups in total. The molecule has 0 amide bonds. The monoisotopic (exact) mass is 281 g/mol. The van der Waals surface area contributed by atoms with Crippen molar-refractivity contribution in [3.8, 4) is 0 Å². The minimum atomic E-state index is -4.07. The molecule has 2 aromatic carbocycles. The summed E-state index contributed by atoms with van der Waals surface area (Å²) in [5.41, 5.74) is 1.06. The molecular formula is C16H18F3N. The van der Waals surface area contributed by atoms with Gasteiger partial charge in [0, 0.05) is 12.5 Å². The van der Waals surface area contributed by atoms with E-state index >= 15 is 0 Å². The number of fused-ring (bicyclic) bond motifs is 1. The SMILES string of the molecule is CNC(CCCC(F)(F)F)c1cccc2ccccc12. The van der Waals surface area contributed by atoms with Crippen LogP contribution in [0, 0.1) is 0 Å². The summed E-state index contributed by atoms with van der Waals surface area (Å²) in [6.45, 7) is 0. The second-order valence-electron chi connectivity index (χ2n) is 4.92. The molecule has 0 aliphatic heterocycles. The van der Waals surface area contributed by atoms with Crippen molar-refractivity contribution in [3.63, 3.8) is 0 Å². The van der Waals surface area contributed by atoms with Gasteiger partial charge in [-0.3, -0.25) is 0 Å². The van der Waals surface area contributed by atoms with Crippen LogP contribution in [0.3, 0.4) is 0 Å². The molecule has 1 nitrogen and oxygen atoms in total. The van der Waals surface area contributed by atoms with E-state index in [4.69, 9.17) is 0 Å². The van der Waals surface area contributed by atoms with Crippen LogP contribution >= 0.6 is 0 Å². The number of nitrogens with one attached hydrogen (secondary N) is 1. The average molecular weight is 281 g/mol. The van der Waals surface area contributed by atoms with Crippen molar-refractivity contribution < 1.29 is 13.2 Å². The fraction of sp³-hybridized carbons (Fsp3) is 0.375. The predicted octanol–water partition coefficient (Wildman–Crippen LogP) is 4.83. The highest BCUT2D eigenvalue weighted by atomic mass is 19.4. The van der Waals surface area contributed by atoms with Crippen molar-refractivity contribution in [1.29, 1.82) is 0 Å². The fourth-order valence-corrected chi connectivity index (χ4v) is 2.52. The van der Waals surface area contributed by atoms with E-state index in [1.807, 2.05) is 42.5 Å². The molecule has 0 aliphatic carbocycles. The lowest BCUT2D eigenvalue weighted by molar-refractivity contribution is -0.135. The number of hydrogen-bond donors (Lipinski definition) is 1. The molecule has 1 atom stereocenters. The van der Waals surface area contributed by atoms with Gasteiger partial charge in [0.25, 0.3) is 0 Å². The molecule has 108 valence electrons. The molecule has 2 rings (SSSR count). The first-order valence-electron chi connectivity index (χ1n) is 6.73. The normalized spacial score (nSPS) is 13.6. The molecule has 1 unspecified atom stereocenters. The summed E-state index contributed by atoms with van der Waals surface area (Å²) in [5, 5.41) is 5.34. The Hall–Kier alpha value is -1.55. The van der Waals surface area contributed by atoms with E-state index in [-0.39, 0.29) is 12.5 Å². The molecule has 0 aliphatic rings. The van der Waals surface area contributed by atoms with Crippen LogP contribution < -0.4 is 5.32 Å². The molecular weight excluding hydrogens is 263 g/mol. The lowest BCUT2D eigenvalue weighted by Gasteiger charge is -2.19. The highest BCUT2D eigenvalue weighted by Crippen LogP contribution is 2.29. The summed E-state index contributed by atoms with van der Waals surface area (Å²) >= 11 is 0. The van der Waals surface area contributed by atoms with Crippen molar-refractivity contribution in [2.24, 2.45) is 0 Å². The topological polar surface area (TPSA) is 12.0 Å². The zero-order valence-electron chi connectivity index (χ0n) is 11.4. The Morgan fingerprint density at radius 2 is 1.75 bits per heavy atom. The van der Waals surface area contributed by atoms with Crippen LogP contribution in [0.4, 0.5) is 13.2 Å². The van der Waals surface area contributed by atoms with E-state index in [0.717, 1.165) is 16.3 Å². The van der Waals surface area contributed by atoms with E-state index in [1.54, 1.807) is 7.05 Å². The Labute approximate surface area is 116 Å². The van der Waals surface area contributed by atoms with Crippen molar-refractivity contribution in [3.05, 3.63) is 48.0 Å². The quantitative estimate of drug-likeness (QED) is 0.827. The molecule has 4 heteroatoms. The molecule has 0 saturated heterocycles. The predicted molar refractivity (Wildman–Crippen MR) is 75.7 cm³/mol. The maximum Gasteiger partial charge on any atom is 0.389 e. The zero-order valence-corrected chi connectivity index (χ0v) is 11.4. The molecule has 0 spiro atoms. The molecule has 0 bridgehead atoms. The van der Waals surface area contributed by atoms with Crippen LogP contribution in [0.15, 0.2) is 42.5 Å². The molecule has 0 saturated carbocycles. The largest absolute Gasteiger partial charge is 0.389 e. The summed E-state index contributed by atoms with van der Waals surface area (Å²) in [5.74, 6) is 0. The average Bonchev–Trinajstić information content (AvgIpc) is 2.42. The maximum atomic E-state index is 12.2. The maximum absolute atomic E-state index is 12.2. The Morgan fingerprint density at radius 1 is 1.05 bits per heavy atom. The minimum absolute atomic E-state index is 0.0524. The molecule has 0 radical (unpaired) electrons. The third-order valence-corrected chi connectivity index (χ3v) is 3.50. The summed E-state index contributed by atoms with van der Waals surface area (Å²) in [4.78, 5) is 0. The summed E-state index contributed by atoms with van der Waals surface area (Å²) in [6.07, 6.45) is -4.19. The zero-order chi connectivity index (χ0) is 14.6. The first-order valence-corrected chi connectivity index (χ1v) is 6.73. The highest BCUT2D eigenvalue weighted by Gasteiger charge is 2.26. The van der Waals surface area contributed by atoms with Crippen molar-refractivity contribution in [1.82, 2.24) is 5.32 Å². The molecule has 20 heavy (non-hydrogen) atoms. The third kappa shape index (κ3) is 3.73. The van der Waals surface area contributed by atoms with Gasteiger partial charge in [-0.2, -0.15) is 13.2 Å². The fourth-order valence-electron chi connectivity index (χ4n) is 2.52. The van der Waals surface area contributed by atoms with Gasteiger partial charge in [-0.05, 0) is 36.2 Å². The summed E-state index contributed by atoms with van der Waals surface area (Å²) in [6, 6.07) is 13.8. The van der Waals surface area contributed by atoms with Crippen LogP contribution in [0.25, 0.3) is 10.8 Å².